The molecule has 2 aliphatic rings. The molecule has 26 heavy (non-hydrogen) atoms. The van der Waals surface area contributed by atoms with Crippen molar-refractivity contribution in [2.24, 2.45) is 13.0 Å². The van der Waals surface area contributed by atoms with E-state index in [0.29, 0.717) is 24.3 Å². The highest BCUT2D eigenvalue weighted by molar-refractivity contribution is 7.09. The Morgan fingerprint density at radius 2 is 2.23 bits per heavy atom. The van der Waals surface area contributed by atoms with E-state index in [1.54, 1.807) is 11.3 Å². The van der Waals surface area contributed by atoms with Crippen molar-refractivity contribution in [3.8, 4) is 0 Å². The molecule has 2 aromatic rings. The second kappa shape index (κ2) is 7.53. The number of hydrogen-bond acceptors (Lipinski definition) is 4. The van der Waals surface area contributed by atoms with Gasteiger partial charge < -0.3 is 4.90 Å². The highest BCUT2D eigenvalue weighted by Crippen LogP contribution is 2.32. The maximum atomic E-state index is 12.5. The molecule has 4 rings (SSSR count). The summed E-state index contributed by atoms with van der Waals surface area (Å²) in [6, 6.07) is 4.71. The number of thiophene rings is 1. The van der Waals surface area contributed by atoms with Crippen LogP contribution >= 0.6 is 11.3 Å². The molecule has 2 saturated heterocycles. The van der Waals surface area contributed by atoms with E-state index in [1.165, 1.54) is 16.1 Å². The van der Waals surface area contributed by atoms with E-state index in [2.05, 4.69) is 39.3 Å². The van der Waals surface area contributed by atoms with Gasteiger partial charge in [-0.05, 0) is 43.6 Å². The predicted octanol–water partition coefficient (Wildman–Crippen LogP) is 2.85. The summed E-state index contributed by atoms with van der Waals surface area (Å²) in [5, 5.41) is 6.49. The number of rotatable bonds is 5. The van der Waals surface area contributed by atoms with Gasteiger partial charge in [-0.15, -0.1) is 11.3 Å². The first-order valence-electron chi connectivity index (χ1n) is 9.63. The minimum atomic E-state index is 0.361. The summed E-state index contributed by atoms with van der Waals surface area (Å²) in [6.07, 6.45) is 5.84. The summed E-state index contributed by atoms with van der Waals surface area (Å²) >= 11 is 1.79. The second-order valence-corrected chi connectivity index (χ2v) is 8.72. The van der Waals surface area contributed by atoms with Gasteiger partial charge in [-0.3, -0.25) is 14.4 Å². The summed E-state index contributed by atoms with van der Waals surface area (Å²) in [7, 11) is 2.00. The van der Waals surface area contributed by atoms with E-state index >= 15 is 0 Å². The largest absolute Gasteiger partial charge is 0.339 e. The Morgan fingerprint density at radius 1 is 1.35 bits per heavy atom. The molecular formula is C20H28N4OS. The molecular weight excluding hydrogens is 344 g/mol. The molecule has 2 fully saturated rings. The van der Waals surface area contributed by atoms with Gasteiger partial charge in [0.2, 0.25) is 5.91 Å². The van der Waals surface area contributed by atoms with Crippen LogP contribution in [0.5, 0.6) is 0 Å². The van der Waals surface area contributed by atoms with Gasteiger partial charge in [0, 0.05) is 61.8 Å². The summed E-state index contributed by atoms with van der Waals surface area (Å²) < 4.78 is 1.95. The van der Waals surface area contributed by atoms with Crippen LogP contribution in [-0.2, 0) is 24.8 Å². The number of aromatic nitrogens is 2. The number of fused-ring (bicyclic) bond motifs is 1. The van der Waals surface area contributed by atoms with Crippen LogP contribution in [0.1, 0.15) is 35.4 Å². The average molecular weight is 373 g/mol. The summed E-state index contributed by atoms with van der Waals surface area (Å²) in [4.78, 5) is 18.7. The van der Waals surface area contributed by atoms with Gasteiger partial charge in [0.25, 0.3) is 0 Å². The van der Waals surface area contributed by atoms with Gasteiger partial charge in [0.1, 0.15) is 0 Å². The van der Waals surface area contributed by atoms with Crippen molar-refractivity contribution in [2.75, 3.05) is 19.6 Å². The van der Waals surface area contributed by atoms with Crippen LogP contribution in [0.15, 0.2) is 23.7 Å². The van der Waals surface area contributed by atoms with E-state index in [1.807, 2.05) is 17.9 Å². The fraction of sp³-hybridized carbons (Fsp3) is 0.600. The summed E-state index contributed by atoms with van der Waals surface area (Å²) in [6.45, 7) is 6.16. The van der Waals surface area contributed by atoms with Crippen molar-refractivity contribution in [3.05, 3.63) is 39.8 Å². The molecule has 0 saturated carbocycles. The SMILES string of the molecule is Cc1c(CN2CC[C@@H]3[C@@H](CCC(=O)N3CCc3cccs3)C2)cnn1C. The molecule has 2 atom stereocenters. The molecule has 6 heteroatoms. The molecule has 0 aromatic carbocycles. The third-order valence-corrected chi connectivity index (χ3v) is 7.07. The van der Waals surface area contributed by atoms with Gasteiger partial charge in [-0.25, -0.2) is 0 Å². The molecule has 0 bridgehead atoms. The molecule has 2 aliphatic heterocycles. The van der Waals surface area contributed by atoms with Crippen molar-refractivity contribution in [1.82, 2.24) is 19.6 Å². The summed E-state index contributed by atoms with van der Waals surface area (Å²) in [5.41, 5.74) is 2.58. The van der Waals surface area contributed by atoms with Crippen LogP contribution in [0.3, 0.4) is 0 Å². The molecule has 4 heterocycles. The number of hydrogen-bond donors (Lipinski definition) is 0. The number of carbonyl (C=O) groups excluding carboxylic acids is 1. The highest BCUT2D eigenvalue weighted by atomic mass is 32.1. The van der Waals surface area contributed by atoms with Crippen molar-refractivity contribution < 1.29 is 4.79 Å². The Kier molecular flexibility index (Phi) is 5.14. The molecule has 0 radical (unpaired) electrons. The monoisotopic (exact) mass is 372 g/mol. The lowest BCUT2D eigenvalue weighted by molar-refractivity contribution is -0.141. The zero-order valence-electron chi connectivity index (χ0n) is 15.7. The van der Waals surface area contributed by atoms with Gasteiger partial charge >= 0.3 is 0 Å². The molecule has 2 aromatic heterocycles. The lowest BCUT2D eigenvalue weighted by Gasteiger charge is -2.47. The second-order valence-electron chi connectivity index (χ2n) is 7.69. The Hall–Kier alpha value is -1.66. The minimum Gasteiger partial charge on any atom is -0.339 e. The quantitative estimate of drug-likeness (QED) is 0.810. The third-order valence-electron chi connectivity index (χ3n) is 6.14. The molecule has 1 amide bonds. The van der Waals surface area contributed by atoms with Crippen LogP contribution < -0.4 is 0 Å². The fourth-order valence-corrected chi connectivity index (χ4v) is 5.18. The molecule has 140 valence electrons. The van der Waals surface area contributed by atoms with Crippen LogP contribution in [0.25, 0.3) is 0 Å². The van der Waals surface area contributed by atoms with Gasteiger partial charge in [-0.1, -0.05) is 6.07 Å². The smallest absolute Gasteiger partial charge is 0.222 e. The van der Waals surface area contributed by atoms with E-state index in [9.17, 15) is 4.79 Å². The molecule has 0 aliphatic carbocycles. The topological polar surface area (TPSA) is 41.4 Å². The Morgan fingerprint density at radius 3 is 2.96 bits per heavy atom. The van der Waals surface area contributed by atoms with Crippen LogP contribution in [0.2, 0.25) is 0 Å². The van der Waals surface area contributed by atoms with Crippen molar-refractivity contribution in [2.45, 2.75) is 45.2 Å². The highest BCUT2D eigenvalue weighted by Gasteiger charge is 2.39. The standard InChI is InChI=1S/C20H28N4OS/c1-15-17(12-21-22(15)2)14-23-9-8-19-16(13-23)5-6-20(25)24(19)10-7-18-4-3-11-26-18/h3-4,11-12,16,19H,5-10,13-14H2,1-2H3/t16-,19+/m0/s1. The van der Waals surface area contributed by atoms with E-state index in [4.69, 9.17) is 0 Å². The number of likely N-dealkylation sites (tertiary alicyclic amines) is 2. The van der Waals surface area contributed by atoms with Crippen LogP contribution in [0.4, 0.5) is 0 Å². The Balaban J connectivity index is 1.38. The van der Waals surface area contributed by atoms with Gasteiger partial charge in [0.05, 0.1) is 6.20 Å². The number of carbonyl (C=O) groups is 1. The molecule has 5 nitrogen and oxygen atoms in total. The number of amides is 1. The maximum Gasteiger partial charge on any atom is 0.222 e. The lowest BCUT2D eigenvalue weighted by atomic mass is 9.83. The van der Waals surface area contributed by atoms with Crippen LogP contribution in [0, 0.1) is 12.8 Å². The minimum absolute atomic E-state index is 0.361. The fourth-order valence-electron chi connectivity index (χ4n) is 4.49. The van der Waals surface area contributed by atoms with E-state index in [-0.39, 0.29) is 0 Å². The zero-order valence-corrected chi connectivity index (χ0v) is 16.5. The molecule has 0 N–H and O–H groups in total. The number of piperidine rings is 2. The van der Waals surface area contributed by atoms with Gasteiger partial charge in [0.15, 0.2) is 0 Å². The third kappa shape index (κ3) is 3.58. The summed E-state index contributed by atoms with van der Waals surface area (Å²) in [5.74, 6) is 0.973. The molecule has 0 spiro atoms. The van der Waals surface area contributed by atoms with Crippen molar-refractivity contribution in [3.63, 3.8) is 0 Å². The van der Waals surface area contributed by atoms with Crippen molar-refractivity contribution in [1.29, 1.82) is 0 Å². The first-order valence-corrected chi connectivity index (χ1v) is 10.5. The number of nitrogens with zero attached hydrogens (tertiary/aromatic N) is 4. The van der Waals surface area contributed by atoms with Gasteiger partial charge in [-0.2, -0.15) is 5.10 Å². The average Bonchev–Trinajstić information content (AvgIpc) is 3.27. The Labute approximate surface area is 159 Å². The van der Waals surface area contributed by atoms with E-state index in [0.717, 1.165) is 45.4 Å². The maximum absolute atomic E-state index is 12.5. The normalized spacial score (nSPS) is 24.1. The number of aryl methyl sites for hydroxylation is 1. The zero-order chi connectivity index (χ0) is 18.1. The lowest BCUT2D eigenvalue weighted by Crippen LogP contribution is -2.56. The molecule has 0 unspecified atom stereocenters. The Bertz CT molecular complexity index is 754. The van der Waals surface area contributed by atoms with Crippen LogP contribution in [-0.4, -0.2) is 51.2 Å². The van der Waals surface area contributed by atoms with Crippen molar-refractivity contribution >= 4 is 17.2 Å². The first kappa shape index (κ1) is 17.7. The predicted molar refractivity (Wildman–Crippen MR) is 104 cm³/mol. The van der Waals surface area contributed by atoms with E-state index < -0.39 is 0 Å². The first-order chi connectivity index (χ1) is 12.6.